The lowest BCUT2D eigenvalue weighted by Gasteiger charge is -2.01. The maximum atomic E-state index is 12.4. The van der Waals surface area contributed by atoms with E-state index in [0.29, 0.717) is 11.3 Å². The fourth-order valence-electron chi connectivity index (χ4n) is 2.70. The van der Waals surface area contributed by atoms with Crippen LogP contribution < -0.4 is 5.73 Å². The molecule has 0 bridgehead atoms. The minimum atomic E-state index is -4.67. The van der Waals surface area contributed by atoms with Crippen LogP contribution in [0.1, 0.15) is 32.1 Å². The van der Waals surface area contributed by atoms with Crippen LogP contribution in [0.4, 0.5) is 19.0 Å². The van der Waals surface area contributed by atoms with E-state index in [2.05, 4.69) is 19.8 Å². The topological polar surface area (TPSA) is 157 Å². The molecule has 0 aliphatic rings. The summed E-state index contributed by atoms with van der Waals surface area (Å²) in [6.07, 6.45) is -4.67. The van der Waals surface area contributed by atoms with Crippen molar-refractivity contribution < 1.29 is 37.5 Å². The molecule has 10 nitrogen and oxygen atoms in total. The van der Waals surface area contributed by atoms with E-state index in [1.54, 1.807) is 31.2 Å². The van der Waals surface area contributed by atoms with Crippen molar-refractivity contribution in [2.24, 2.45) is 0 Å². The van der Waals surface area contributed by atoms with Crippen molar-refractivity contribution in [1.29, 1.82) is 0 Å². The molecule has 2 aromatic heterocycles. The van der Waals surface area contributed by atoms with Crippen molar-refractivity contribution in [3.05, 3.63) is 77.1 Å². The summed E-state index contributed by atoms with van der Waals surface area (Å²) in [5, 5.41) is 24.2. The predicted molar refractivity (Wildman–Crippen MR) is 111 cm³/mol. The maximum Gasteiger partial charge on any atom is 0.455 e. The number of carbonyl (C=O) groups is 2. The van der Waals surface area contributed by atoms with E-state index in [-0.39, 0.29) is 28.5 Å². The normalized spacial score (nSPS) is 10.9. The molecule has 0 unspecified atom stereocenters. The molecule has 0 amide bonds. The minimum absolute atomic E-state index is 0.0111. The van der Waals surface area contributed by atoms with Crippen molar-refractivity contribution in [1.82, 2.24) is 19.9 Å². The molecule has 0 atom stereocenters. The summed E-state index contributed by atoms with van der Waals surface area (Å²) in [5.74, 6) is -3.69. The average Bonchev–Trinajstić information content (AvgIpc) is 3.42. The molecule has 176 valence electrons. The Balaban J connectivity index is 0.000000215. The van der Waals surface area contributed by atoms with Crippen LogP contribution in [0.3, 0.4) is 0 Å². The second-order valence-corrected chi connectivity index (χ2v) is 6.76. The summed E-state index contributed by atoms with van der Waals surface area (Å²) >= 11 is 0. The Morgan fingerprint density at radius 1 is 1.03 bits per heavy atom. The Morgan fingerprint density at radius 3 is 2.26 bits per heavy atom. The fourth-order valence-corrected chi connectivity index (χ4v) is 2.70. The number of aromatic nitrogens is 4. The molecule has 34 heavy (non-hydrogen) atoms. The first-order chi connectivity index (χ1) is 16.0. The van der Waals surface area contributed by atoms with E-state index in [1.165, 1.54) is 22.9 Å². The first-order valence-electron chi connectivity index (χ1n) is 9.37. The van der Waals surface area contributed by atoms with Crippen LogP contribution in [0.2, 0.25) is 0 Å². The van der Waals surface area contributed by atoms with Crippen LogP contribution in [-0.4, -0.2) is 42.1 Å². The summed E-state index contributed by atoms with van der Waals surface area (Å²) < 4.78 is 43.2. The molecule has 2 aromatic carbocycles. The van der Waals surface area contributed by atoms with Gasteiger partial charge in [0.25, 0.3) is 11.7 Å². The van der Waals surface area contributed by atoms with Crippen molar-refractivity contribution in [3.63, 3.8) is 0 Å². The summed E-state index contributed by atoms with van der Waals surface area (Å²) in [5.41, 5.74) is 7.09. The monoisotopic (exact) mass is 475 g/mol. The van der Waals surface area contributed by atoms with Crippen LogP contribution in [0.25, 0.3) is 17.3 Å². The number of hydrogen-bond acceptors (Lipinski definition) is 7. The van der Waals surface area contributed by atoms with Gasteiger partial charge in [0.05, 0.1) is 16.8 Å². The summed E-state index contributed by atoms with van der Waals surface area (Å²) in [4.78, 5) is 24.4. The number of aromatic carboxylic acids is 2. The van der Waals surface area contributed by atoms with Gasteiger partial charge in [-0.3, -0.25) is 0 Å². The third kappa shape index (κ3) is 5.38. The molecule has 0 saturated heterocycles. The van der Waals surface area contributed by atoms with Crippen molar-refractivity contribution in [3.8, 4) is 17.3 Å². The highest BCUT2D eigenvalue weighted by atomic mass is 19.4. The lowest BCUT2D eigenvalue weighted by atomic mass is 10.1. The van der Waals surface area contributed by atoms with Crippen LogP contribution >= 0.6 is 0 Å². The molecule has 0 aliphatic carbocycles. The Bertz CT molecular complexity index is 1330. The molecule has 0 saturated carbocycles. The average molecular weight is 475 g/mol. The number of para-hydroxylation sites is 1. The van der Waals surface area contributed by atoms with E-state index < -0.39 is 23.9 Å². The van der Waals surface area contributed by atoms with Gasteiger partial charge in [0, 0.05) is 6.07 Å². The van der Waals surface area contributed by atoms with Gasteiger partial charge in [-0.1, -0.05) is 29.4 Å². The number of carboxylic acids is 2. The van der Waals surface area contributed by atoms with Gasteiger partial charge in [0.15, 0.2) is 5.69 Å². The van der Waals surface area contributed by atoms with Gasteiger partial charge in [-0.2, -0.15) is 23.3 Å². The number of halogens is 3. The van der Waals surface area contributed by atoms with Gasteiger partial charge in [0.1, 0.15) is 5.82 Å². The lowest BCUT2D eigenvalue weighted by molar-refractivity contribution is -0.146. The summed E-state index contributed by atoms with van der Waals surface area (Å²) in [7, 11) is 0. The predicted octanol–water partition coefficient (Wildman–Crippen LogP) is 3.91. The van der Waals surface area contributed by atoms with Crippen molar-refractivity contribution in [2.45, 2.75) is 13.1 Å². The molecule has 0 radical (unpaired) electrons. The largest absolute Gasteiger partial charge is 0.478 e. The number of hydrogen-bond donors (Lipinski definition) is 3. The number of benzene rings is 2. The van der Waals surface area contributed by atoms with E-state index in [9.17, 15) is 22.8 Å². The minimum Gasteiger partial charge on any atom is -0.478 e. The molecule has 0 spiro atoms. The van der Waals surface area contributed by atoms with Gasteiger partial charge in [0.2, 0.25) is 0 Å². The summed E-state index contributed by atoms with van der Waals surface area (Å²) in [6.45, 7) is 1.62. The Hall–Kier alpha value is -4.68. The van der Waals surface area contributed by atoms with E-state index >= 15 is 0 Å². The number of nitrogens with zero attached hydrogens (tertiary/aromatic N) is 4. The first kappa shape index (κ1) is 24.0. The lowest BCUT2D eigenvalue weighted by Crippen LogP contribution is -2.07. The Kier molecular flexibility index (Phi) is 6.66. The smallest absolute Gasteiger partial charge is 0.455 e. The highest BCUT2D eigenvalue weighted by Gasteiger charge is 2.37. The number of nitrogens with two attached hydrogens (primary N) is 1. The van der Waals surface area contributed by atoms with Gasteiger partial charge in [-0.15, -0.1) is 0 Å². The number of carboxylic acid groups (broad SMARTS) is 2. The summed E-state index contributed by atoms with van der Waals surface area (Å²) in [6, 6.07) is 14.3. The first-order valence-corrected chi connectivity index (χ1v) is 9.37. The van der Waals surface area contributed by atoms with Gasteiger partial charge in [-0.25, -0.2) is 14.3 Å². The third-order valence-corrected chi connectivity index (χ3v) is 4.35. The second kappa shape index (κ2) is 9.44. The zero-order valence-corrected chi connectivity index (χ0v) is 17.3. The second-order valence-electron chi connectivity index (χ2n) is 6.76. The molecular formula is C21H16F3N5O5. The van der Waals surface area contributed by atoms with Gasteiger partial charge < -0.3 is 20.5 Å². The number of anilines is 1. The Morgan fingerprint density at radius 2 is 1.71 bits per heavy atom. The van der Waals surface area contributed by atoms with E-state index in [0.717, 1.165) is 6.07 Å². The molecule has 0 fully saturated rings. The van der Waals surface area contributed by atoms with Crippen LogP contribution in [0.15, 0.2) is 59.1 Å². The maximum absolute atomic E-state index is 12.4. The molecule has 2 heterocycles. The van der Waals surface area contributed by atoms with Crippen LogP contribution in [0.5, 0.6) is 0 Å². The fraction of sp³-hybridized carbons (Fsp3) is 0.0952. The molecule has 0 aliphatic heterocycles. The van der Waals surface area contributed by atoms with Gasteiger partial charge >= 0.3 is 18.1 Å². The van der Waals surface area contributed by atoms with E-state index in [4.69, 9.17) is 15.9 Å². The van der Waals surface area contributed by atoms with Crippen molar-refractivity contribution >= 4 is 17.8 Å². The number of aryl methyl sites for hydroxylation is 1. The highest BCUT2D eigenvalue weighted by molar-refractivity contribution is 5.94. The van der Waals surface area contributed by atoms with Crippen LogP contribution in [0, 0.1) is 6.92 Å². The standard InChI is InChI=1S/C12H8F3N5O.C9H8O4/c13-12(14,15)11-17-10(21-19-11)8-6-9(16)20(18-8)7-4-2-1-3-5-7;1-5-2-3-6(8(10)11)4-7(5)9(12)13/h1-6H,16H2;2-4H,1H3,(H,10,11)(H,12,13). The molecule has 4 rings (SSSR count). The molecule has 4 N–H and O–H groups in total. The zero-order chi connectivity index (χ0) is 25.0. The van der Waals surface area contributed by atoms with Crippen molar-refractivity contribution in [2.75, 3.05) is 5.73 Å². The quantitative estimate of drug-likeness (QED) is 0.398. The SMILES string of the molecule is Cc1ccc(C(=O)O)cc1C(=O)O.Nc1cc(-c2nc(C(F)(F)F)no2)nn1-c1ccccc1. The highest BCUT2D eigenvalue weighted by Crippen LogP contribution is 2.29. The van der Waals surface area contributed by atoms with Gasteiger partial charge in [-0.05, 0) is 36.8 Å². The molecule has 4 aromatic rings. The number of alkyl halides is 3. The third-order valence-electron chi connectivity index (χ3n) is 4.35. The zero-order valence-electron chi connectivity index (χ0n) is 17.3. The Labute approximate surface area is 189 Å². The van der Waals surface area contributed by atoms with Crippen LogP contribution in [-0.2, 0) is 6.18 Å². The van der Waals surface area contributed by atoms with E-state index in [1.807, 2.05) is 6.07 Å². The number of nitrogen functional groups attached to an aromatic ring is 1. The number of rotatable bonds is 4. The molecule has 13 heteroatoms. The molecular weight excluding hydrogens is 459 g/mol.